The molecule has 4 heterocycles. The average molecular weight is 509 g/mol. The molecule has 9 nitrogen and oxygen atoms in total. The van der Waals surface area contributed by atoms with E-state index >= 15 is 0 Å². The van der Waals surface area contributed by atoms with Gasteiger partial charge in [-0.15, -0.1) is 0 Å². The Morgan fingerprint density at radius 1 is 1.08 bits per heavy atom. The molecule has 1 N–H and O–H groups in total. The number of fused-ring (bicyclic) bond motifs is 1. The van der Waals surface area contributed by atoms with E-state index in [0.29, 0.717) is 48.2 Å². The zero-order valence-corrected chi connectivity index (χ0v) is 19.8. The standard InChI is InChI=1S/C25H22F3N7O2/c1-34-12-18(25(26,27)28)32-22(34)16-4-2-14(3-5-16)11-35-8-9-37-17-10-29-21(33-23(17)35)19-20(15-6-7-15)30-13-31-24(19)36/h2-5,10,12-13,15H,6-9,11H2,1H3,(H,30,31,36). The van der Waals surface area contributed by atoms with Crippen molar-refractivity contribution >= 4 is 5.82 Å². The van der Waals surface area contributed by atoms with Crippen LogP contribution in [0.1, 0.15) is 35.7 Å². The fourth-order valence-electron chi connectivity index (χ4n) is 4.46. The maximum Gasteiger partial charge on any atom is 0.434 e. The van der Waals surface area contributed by atoms with E-state index in [-0.39, 0.29) is 17.6 Å². The lowest BCUT2D eigenvalue weighted by atomic mass is 10.1. The molecule has 0 amide bonds. The topological polar surface area (TPSA) is 102 Å². The van der Waals surface area contributed by atoms with Crippen LogP contribution in [0.2, 0.25) is 0 Å². The summed E-state index contributed by atoms with van der Waals surface area (Å²) in [5, 5.41) is 10.5. The first-order valence-corrected chi connectivity index (χ1v) is 11.8. The fourth-order valence-corrected chi connectivity index (χ4v) is 4.46. The molecule has 0 bridgehead atoms. The molecule has 1 aliphatic heterocycles. The number of hydrogen-bond donors (Lipinski definition) is 1. The van der Waals surface area contributed by atoms with Crippen LogP contribution in [0.3, 0.4) is 0 Å². The lowest BCUT2D eigenvalue weighted by molar-refractivity contribution is -0.140. The highest BCUT2D eigenvalue weighted by Gasteiger charge is 2.35. The Labute approximate surface area is 209 Å². The van der Waals surface area contributed by atoms with Crippen LogP contribution in [-0.4, -0.2) is 47.7 Å². The van der Waals surface area contributed by atoms with Crippen molar-refractivity contribution in [3.8, 4) is 34.4 Å². The Morgan fingerprint density at radius 3 is 2.57 bits per heavy atom. The summed E-state index contributed by atoms with van der Waals surface area (Å²) in [6.07, 6.45) is 1.41. The van der Waals surface area contributed by atoms with Crippen molar-refractivity contribution in [2.24, 2.45) is 7.05 Å². The predicted octanol–water partition coefficient (Wildman–Crippen LogP) is 4.33. The lowest BCUT2D eigenvalue weighted by Gasteiger charge is -2.30. The zero-order chi connectivity index (χ0) is 25.7. The van der Waals surface area contributed by atoms with Crippen LogP contribution < -0.4 is 9.64 Å². The van der Waals surface area contributed by atoms with Gasteiger partial charge in [0.05, 0.1) is 18.4 Å². The van der Waals surface area contributed by atoms with E-state index in [1.54, 1.807) is 18.3 Å². The summed E-state index contributed by atoms with van der Waals surface area (Å²) in [5.41, 5.74) is 1.78. The van der Waals surface area contributed by atoms with Gasteiger partial charge in [-0.25, -0.2) is 24.9 Å². The Morgan fingerprint density at radius 2 is 1.86 bits per heavy atom. The number of aryl methyl sites for hydroxylation is 1. The van der Waals surface area contributed by atoms with Crippen LogP contribution in [0.15, 0.2) is 43.0 Å². The third kappa shape index (κ3) is 4.43. The second kappa shape index (κ2) is 8.71. The van der Waals surface area contributed by atoms with Crippen LogP contribution in [0.5, 0.6) is 11.6 Å². The summed E-state index contributed by atoms with van der Waals surface area (Å²) in [4.78, 5) is 23.2. The molecule has 12 heteroatoms. The molecule has 1 saturated carbocycles. The minimum atomic E-state index is -4.50. The molecule has 37 heavy (non-hydrogen) atoms. The largest absolute Gasteiger partial charge is 0.493 e. The van der Waals surface area contributed by atoms with Crippen molar-refractivity contribution in [3.63, 3.8) is 0 Å². The van der Waals surface area contributed by atoms with Crippen molar-refractivity contribution in [2.45, 2.75) is 31.5 Å². The van der Waals surface area contributed by atoms with Crippen molar-refractivity contribution in [1.82, 2.24) is 29.5 Å². The molecule has 3 aromatic heterocycles. The number of rotatable bonds is 5. The molecule has 0 atom stereocenters. The summed E-state index contributed by atoms with van der Waals surface area (Å²) in [5.74, 6) is 1.80. The second-order valence-corrected chi connectivity index (χ2v) is 9.14. The van der Waals surface area contributed by atoms with Gasteiger partial charge in [0.2, 0.25) is 5.88 Å². The van der Waals surface area contributed by atoms with Crippen LogP contribution in [0.4, 0.5) is 19.0 Å². The Bertz CT molecular complexity index is 1470. The van der Waals surface area contributed by atoms with Crippen molar-refractivity contribution in [2.75, 3.05) is 18.1 Å². The first-order valence-electron chi connectivity index (χ1n) is 11.8. The summed E-state index contributed by atoms with van der Waals surface area (Å²) in [6, 6.07) is 7.23. The van der Waals surface area contributed by atoms with E-state index in [1.807, 2.05) is 17.0 Å². The Kier molecular flexibility index (Phi) is 5.46. The number of aromatic hydroxyl groups is 1. The number of imidazole rings is 1. The molecule has 0 radical (unpaired) electrons. The lowest BCUT2D eigenvalue weighted by Crippen LogP contribution is -2.33. The molecule has 1 aliphatic carbocycles. The normalized spacial score (nSPS) is 15.4. The fraction of sp³-hybridized carbons (Fsp3) is 0.320. The van der Waals surface area contributed by atoms with Gasteiger partial charge in [-0.1, -0.05) is 24.3 Å². The number of alkyl halides is 3. The quantitative estimate of drug-likeness (QED) is 0.424. The minimum absolute atomic E-state index is 0.154. The van der Waals surface area contributed by atoms with Gasteiger partial charge in [0.1, 0.15) is 24.3 Å². The minimum Gasteiger partial charge on any atom is -0.493 e. The van der Waals surface area contributed by atoms with Crippen LogP contribution in [0.25, 0.3) is 22.8 Å². The number of anilines is 1. The number of nitrogens with zero attached hydrogens (tertiary/aromatic N) is 7. The molecule has 190 valence electrons. The molecular formula is C25H22F3N7O2. The van der Waals surface area contributed by atoms with E-state index < -0.39 is 11.9 Å². The van der Waals surface area contributed by atoms with E-state index in [1.165, 1.54) is 17.9 Å². The number of hydrogen-bond acceptors (Lipinski definition) is 8. The van der Waals surface area contributed by atoms with E-state index in [0.717, 1.165) is 30.3 Å². The molecule has 0 saturated heterocycles. The highest BCUT2D eigenvalue weighted by atomic mass is 19.4. The third-order valence-corrected chi connectivity index (χ3v) is 6.45. The molecule has 1 aromatic carbocycles. The smallest absolute Gasteiger partial charge is 0.434 e. The van der Waals surface area contributed by atoms with Gasteiger partial charge >= 0.3 is 6.18 Å². The molecule has 4 aromatic rings. The molecule has 0 unspecified atom stereocenters. The maximum absolute atomic E-state index is 13.0. The Balaban J connectivity index is 1.27. The van der Waals surface area contributed by atoms with Crippen molar-refractivity contribution < 1.29 is 23.0 Å². The molecular weight excluding hydrogens is 487 g/mol. The van der Waals surface area contributed by atoms with Crippen molar-refractivity contribution in [3.05, 3.63) is 59.9 Å². The number of ether oxygens (including phenoxy) is 1. The van der Waals surface area contributed by atoms with Crippen LogP contribution in [-0.2, 0) is 19.8 Å². The van der Waals surface area contributed by atoms with Gasteiger partial charge in [0.15, 0.2) is 23.1 Å². The number of halogens is 3. The summed E-state index contributed by atoms with van der Waals surface area (Å²) in [7, 11) is 1.54. The Hall–Kier alpha value is -4.22. The highest BCUT2D eigenvalue weighted by molar-refractivity contribution is 5.68. The molecule has 6 rings (SSSR count). The van der Waals surface area contributed by atoms with Gasteiger partial charge in [0, 0.05) is 31.3 Å². The van der Waals surface area contributed by atoms with Gasteiger partial charge < -0.3 is 19.3 Å². The predicted molar refractivity (Wildman–Crippen MR) is 127 cm³/mol. The SMILES string of the molecule is Cn1cc(C(F)(F)F)nc1-c1ccc(CN2CCOc3cnc(-c4c(O)ncnc4C4CC4)nc32)cc1. The summed E-state index contributed by atoms with van der Waals surface area (Å²) in [6.45, 7) is 1.52. The van der Waals surface area contributed by atoms with E-state index in [4.69, 9.17) is 9.72 Å². The van der Waals surface area contributed by atoms with E-state index in [2.05, 4.69) is 19.9 Å². The van der Waals surface area contributed by atoms with Gasteiger partial charge in [-0.2, -0.15) is 13.2 Å². The van der Waals surface area contributed by atoms with Crippen LogP contribution >= 0.6 is 0 Å². The van der Waals surface area contributed by atoms with E-state index in [9.17, 15) is 18.3 Å². The molecule has 0 spiro atoms. The van der Waals surface area contributed by atoms with Gasteiger partial charge in [-0.3, -0.25) is 0 Å². The summed E-state index contributed by atoms with van der Waals surface area (Å²) >= 11 is 0. The second-order valence-electron chi connectivity index (χ2n) is 9.14. The first-order chi connectivity index (χ1) is 17.8. The monoisotopic (exact) mass is 509 g/mol. The molecule has 1 fully saturated rings. The maximum atomic E-state index is 13.0. The summed E-state index contributed by atoms with van der Waals surface area (Å²) < 4.78 is 46.3. The number of aromatic nitrogens is 6. The van der Waals surface area contributed by atoms with Gasteiger partial charge in [-0.05, 0) is 18.4 Å². The first kappa shape index (κ1) is 23.2. The van der Waals surface area contributed by atoms with Crippen molar-refractivity contribution in [1.29, 1.82) is 0 Å². The van der Waals surface area contributed by atoms with Crippen LogP contribution in [0, 0.1) is 0 Å². The highest BCUT2D eigenvalue weighted by Crippen LogP contribution is 2.45. The zero-order valence-electron chi connectivity index (χ0n) is 19.8. The number of benzene rings is 1. The van der Waals surface area contributed by atoms with Gasteiger partial charge in [0.25, 0.3) is 0 Å². The molecule has 2 aliphatic rings. The average Bonchev–Trinajstić information content (AvgIpc) is 3.65. The third-order valence-electron chi connectivity index (χ3n) is 6.45.